The number of thioether (sulfide) groups is 1. The molecule has 3 aromatic rings. The average molecular weight is 504 g/mol. The molecule has 4 fully saturated rings. The lowest BCUT2D eigenvalue weighted by Crippen LogP contribution is -2.62. The highest BCUT2D eigenvalue weighted by Crippen LogP contribution is 2.43. The van der Waals surface area contributed by atoms with Gasteiger partial charge in [0.25, 0.3) is 5.89 Å². The molecule has 0 spiro atoms. The van der Waals surface area contributed by atoms with Gasteiger partial charge in [-0.1, -0.05) is 103 Å². The van der Waals surface area contributed by atoms with E-state index in [-0.39, 0.29) is 5.92 Å². The molecule has 3 saturated heterocycles. The minimum atomic E-state index is -1.44. The molecule has 36 heavy (non-hydrogen) atoms. The fourth-order valence-corrected chi connectivity index (χ4v) is 8.47. The lowest BCUT2D eigenvalue weighted by molar-refractivity contribution is -0.955. The summed E-state index contributed by atoms with van der Waals surface area (Å²) in [5, 5.41) is 19.6. The molecular weight excluding hydrogens is 466 g/mol. The van der Waals surface area contributed by atoms with E-state index in [1.807, 2.05) is 30.3 Å². The van der Waals surface area contributed by atoms with Gasteiger partial charge in [0, 0.05) is 18.6 Å². The van der Waals surface area contributed by atoms with E-state index in [1.165, 1.54) is 37.9 Å². The van der Waals surface area contributed by atoms with Crippen LogP contribution in [-0.2, 0) is 17.9 Å². The molecule has 2 atom stereocenters. The number of nitrogens with zero attached hydrogens (tertiary/aromatic N) is 3. The smallest absolute Gasteiger partial charge is 0.281 e. The zero-order valence-electron chi connectivity index (χ0n) is 21.1. The molecule has 1 aromatic heterocycles. The number of quaternary nitrogens is 1. The number of piperidine rings is 3. The van der Waals surface area contributed by atoms with Gasteiger partial charge in [-0.15, -0.1) is 11.8 Å². The number of hydrogen-bond acceptors (Lipinski definition) is 5. The van der Waals surface area contributed by atoms with Gasteiger partial charge in [0.05, 0.1) is 24.9 Å². The lowest BCUT2D eigenvalue weighted by atomic mass is 9.73. The Labute approximate surface area is 218 Å². The Kier molecular flexibility index (Phi) is 6.93. The van der Waals surface area contributed by atoms with Gasteiger partial charge in [-0.2, -0.15) is 4.98 Å². The topological polar surface area (TPSA) is 62.0 Å². The van der Waals surface area contributed by atoms with Crippen LogP contribution in [0.5, 0.6) is 0 Å². The Hall–Kier alpha value is -2.15. The van der Waals surface area contributed by atoms with Crippen LogP contribution in [-0.4, -0.2) is 39.5 Å². The van der Waals surface area contributed by atoms with Crippen molar-refractivity contribution >= 4 is 11.8 Å². The normalized spacial score (nSPS) is 28.1. The van der Waals surface area contributed by atoms with Gasteiger partial charge in [0.1, 0.15) is 0 Å². The standard InChI is InChI=1S/C30H37N3O2S/c34-30(25-12-6-2-7-13-25,26-14-8-3-9-15-26)29-31-28(35-32-29)21-33-18-16-24(17-19-33)27(20-33)36-22-23-10-4-1-5-11-23/h1-2,4-7,10-13,24,26-27H,3,8-9,14-22H2/t24?,27-,30?,33?/m0/s1. The molecule has 2 bridgehead atoms. The molecular formula is C30H37N3O2S. The Morgan fingerprint density at radius 2 is 1.61 bits per heavy atom. The van der Waals surface area contributed by atoms with E-state index >= 15 is 0 Å². The van der Waals surface area contributed by atoms with Crippen molar-refractivity contribution in [1.29, 1.82) is 0 Å². The Morgan fingerprint density at radius 3 is 2.33 bits per heavy atom. The number of aromatic nitrogens is 2. The second kappa shape index (κ2) is 10.3. The molecule has 1 unspecified atom stereocenters. The van der Waals surface area contributed by atoms with E-state index in [4.69, 9.17) is 9.51 Å². The van der Waals surface area contributed by atoms with E-state index in [9.17, 15) is 5.11 Å². The highest BCUT2D eigenvalue weighted by atomic mass is 32.2. The first-order valence-electron chi connectivity index (χ1n) is 13.7. The van der Waals surface area contributed by atoms with Gasteiger partial charge in [-0.25, -0.2) is 0 Å². The molecule has 0 N–H and O–H groups in total. The third-order valence-corrected chi connectivity index (χ3v) is 10.5. The van der Waals surface area contributed by atoms with E-state index in [1.54, 1.807) is 0 Å². The molecule has 0 amide bonds. The van der Waals surface area contributed by atoms with Crippen LogP contribution < -0.4 is 5.11 Å². The summed E-state index contributed by atoms with van der Waals surface area (Å²) in [6.07, 6.45) is 7.83. The van der Waals surface area contributed by atoms with Gasteiger partial charge in [-0.05, 0) is 23.0 Å². The summed E-state index contributed by atoms with van der Waals surface area (Å²) in [5.41, 5.74) is 0.738. The van der Waals surface area contributed by atoms with E-state index < -0.39 is 5.60 Å². The molecule has 7 rings (SSSR count). The van der Waals surface area contributed by atoms with Crippen molar-refractivity contribution in [2.24, 2.45) is 11.8 Å². The van der Waals surface area contributed by atoms with Crippen LogP contribution in [0.25, 0.3) is 0 Å². The lowest BCUT2D eigenvalue weighted by Gasteiger charge is -2.52. The van der Waals surface area contributed by atoms with Crippen molar-refractivity contribution in [2.75, 3.05) is 19.6 Å². The van der Waals surface area contributed by atoms with Gasteiger partial charge in [0.15, 0.2) is 12.4 Å². The Bertz CT molecular complexity index is 1120. The Morgan fingerprint density at radius 1 is 0.917 bits per heavy atom. The summed E-state index contributed by atoms with van der Waals surface area (Å²) in [4.78, 5) is 4.84. The highest BCUT2D eigenvalue weighted by molar-refractivity contribution is 7.99. The van der Waals surface area contributed by atoms with E-state index in [0.717, 1.165) is 60.5 Å². The van der Waals surface area contributed by atoms with Gasteiger partial charge >= 0.3 is 0 Å². The minimum absolute atomic E-state index is 0.00985. The number of rotatable bonds is 8. The minimum Gasteiger partial charge on any atom is -0.840 e. The Balaban J connectivity index is 1.20. The van der Waals surface area contributed by atoms with Crippen LogP contribution in [0.4, 0.5) is 0 Å². The summed E-state index contributed by atoms with van der Waals surface area (Å²) < 4.78 is 6.87. The molecule has 3 aliphatic heterocycles. The molecule has 0 radical (unpaired) electrons. The van der Waals surface area contributed by atoms with Gasteiger partial charge in [-0.3, -0.25) is 0 Å². The van der Waals surface area contributed by atoms with Crippen LogP contribution in [0, 0.1) is 11.8 Å². The summed E-state index contributed by atoms with van der Waals surface area (Å²) in [5.74, 6) is 2.88. The first kappa shape index (κ1) is 24.2. The van der Waals surface area contributed by atoms with Crippen molar-refractivity contribution in [3.63, 3.8) is 0 Å². The third-order valence-electron chi connectivity index (χ3n) is 9.00. The van der Waals surface area contributed by atoms with Crippen molar-refractivity contribution in [1.82, 2.24) is 10.1 Å². The number of benzene rings is 2. The quantitative estimate of drug-likeness (QED) is 0.391. The van der Waals surface area contributed by atoms with Crippen LogP contribution >= 0.6 is 11.8 Å². The first-order valence-corrected chi connectivity index (χ1v) is 14.8. The van der Waals surface area contributed by atoms with Gasteiger partial charge < -0.3 is 14.1 Å². The zero-order chi connectivity index (χ0) is 24.4. The van der Waals surface area contributed by atoms with E-state index in [0.29, 0.717) is 17.0 Å². The highest BCUT2D eigenvalue weighted by Gasteiger charge is 2.47. The maximum absolute atomic E-state index is 14.6. The SMILES string of the molecule is [O-]C(c1ccccc1)(c1noc(C[N+]23CCC(CC2)[C@@H](SCc2ccccc2)C3)n1)C1CCCCC1. The molecule has 5 nitrogen and oxygen atoms in total. The summed E-state index contributed by atoms with van der Waals surface area (Å²) >= 11 is 2.12. The predicted molar refractivity (Wildman–Crippen MR) is 141 cm³/mol. The molecule has 4 aliphatic rings. The van der Waals surface area contributed by atoms with Crippen molar-refractivity contribution in [3.8, 4) is 0 Å². The number of hydrogen-bond donors (Lipinski definition) is 0. The summed E-state index contributed by atoms with van der Waals surface area (Å²) in [7, 11) is 0. The molecule has 6 heteroatoms. The summed E-state index contributed by atoms with van der Waals surface area (Å²) in [6.45, 7) is 4.25. The van der Waals surface area contributed by atoms with Crippen LogP contribution in [0.3, 0.4) is 0 Å². The predicted octanol–water partition coefficient (Wildman–Crippen LogP) is 5.30. The average Bonchev–Trinajstić information content (AvgIpc) is 3.42. The van der Waals surface area contributed by atoms with Crippen LogP contribution in [0.1, 0.15) is 67.8 Å². The first-order chi connectivity index (χ1) is 17.6. The molecule has 1 aliphatic carbocycles. The third kappa shape index (κ3) is 4.75. The van der Waals surface area contributed by atoms with Crippen LogP contribution in [0.15, 0.2) is 65.2 Å². The summed E-state index contributed by atoms with van der Waals surface area (Å²) in [6, 6.07) is 20.6. The number of fused-ring (bicyclic) bond motifs is 3. The van der Waals surface area contributed by atoms with Crippen molar-refractivity contribution in [3.05, 3.63) is 83.5 Å². The monoisotopic (exact) mass is 503 g/mol. The largest absolute Gasteiger partial charge is 0.840 e. The fraction of sp³-hybridized carbons (Fsp3) is 0.533. The molecule has 190 valence electrons. The second-order valence-corrected chi connectivity index (χ2v) is 12.5. The van der Waals surface area contributed by atoms with Crippen molar-refractivity contribution in [2.45, 2.75) is 68.1 Å². The second-order valence-electron chi connectivity index (χ2n) is 11.3. The van der Waals surface area contributed by atoms with Crippen molar-refractivity contribution < 1.29 is 14.1 Å². The molecule has 4 heterocycles. The molecule has 1 saturated carbocycles. The van der Waals surface area contributed by atoms with Crippen LogP contribution in [0.2, 0.25) is 0 Å². The molecule has 2 aromatic carbocycles. The fourth-order valence-electron chi connectivity index (χ4n) is 6.91. The van der Waals surface area contributed by atoms with Gasteiger partial charge in [0.2, 0.25) is 0 Å². The zero-order valence-corrected chi connectivity index (χ0v) is 21.9. The maximum Gasteiger partial charge on any atom is 0.281 e. The maximum atomic E-state index is 14.6. The van der Waals surface area contributed by atoms with E-state index in [2.05, 4.69) is 47.3 Å².